The maximum atomic E-state index is 12.9. The molecule has 4 heteroatoms. The van der Waals surface area contributed by atoms with Crippen molar-refractivity contribution < 1.29 is 4.39 Å². The highest BCUT2D eigenvalue weighted by atomic mass is 35.5. The first kappa shape index (κ1) is 7.68. The summed E-state index contributed by atoms with van der Waals surface area (Å²) in [5.41, 5.74) is 1.65. The summed E-state index contributed by atoms with van der Waals surface area (Å²) in [4.78, 5) is 0. The van der Waals surface area contributed by atoms with Crippen molar-refractivity contribution in [2.75, 3.05) is 23.7 Å². The van der Waals surface area contributed by atoms with E-state index in [1.165, 1.54) is 6.07 Å². The fourth-order valence-corrected chi connectivity index (χ4v) is 1.40. The number of benzene rings is 1. The summed E-state index contributed by atoms with van der Waals surface area (Å²) in [6, 6.07) is 3.00. The second kappa shape index (κ2) is 2.83. The molecule has 2 N–H and O–H groups in total. The molecule has 1 aliphatic heterocycles. The lowest BCUT2D eigenvalue weighted by Crippen LogP contribution is -2.20. The summed E-state index contributed by atoms with van der Waals surface area (Å²) in [6.07, 6.45) is 0. The molecular weight excluding hydrogens is 179 g/mol. The van der Waals surface area contributed by atoms with Gasteiger partial charge in [0.1, 0.15) is 5.82 Å². The Morgan fingerprint density at radius 3 is 2.42 bits per heavy atom. The molecule has 12 heavy (non-hydrogen) atoms. The van der Waals surface area contributed by atoms with Gasteiger partial charge in [0.25, 0.3) is 0 Å². The smallest absolute Gasteiger partial charge is 0.143 e. The first-order valence-electron chi connectivity index (χ1n) is 3.74. The lowest BCUT2D eigenvalue weighted by atomic mass is 10.2. The van der Waals surface area contributed by atoms with Crippen LogP contribution in [0, 0.1) is 5.82 Å². The number of nitrogens with one attached hydrogen (secondary N) is 2. The van der Waals surface area contributed by atoms with Crippen LogP contribution in [-0.4, -0.2) is 13.1 Å². The van der Waals surface area contributed by atoms with Crippen LogP contribution in [0.1, 0.15) is 0 Å². The largest absolute Gasteiger partial charge is 0.382 e. The van der Waals surface area contributed by atoms with Gasteiger partial charge in [0.2, 0.25) is 0 Å². The quantitative estimate of drug-likeness (QED) is 0.650. The minimum absolute atomic E-state index is 0.157. The van der Waals surface area contributed by atoms with Crippen LogP contribution in [0.4, 0.5) is 15.8 Å². The van der Waals surface area contributed by atoms with Crippen LogP contribution in [0.25, 0.3) is 0 Å². The normalized spacial score (nSPS) is 14.5. The van der Waals surface area contributed by atoms with Gasteiger partial charge >= 0.3 is 0 Å². The van der Waals surface area contributed by atoms with Crippen molar-refractivity contribution in [3.05, 3.63) is 23.0 Å². The van der Waals surface area contributed by atoms with E-state index in [2.05, 4.69) is 10.6 Å². The fraction of sp³-hybridized carbons (Fsp3) is 0.250. The van der Waals surface area contributed by atoms with E-state index in [0.717, 1.165) is 24.5 Å². The Labute approximate surface area is 74.7 Å². The van der Waals surface area contributed by atoms with Gasteiger partial charge in [-0.15, -0.1) is 0 Å². The highest BCUT2D eigenvalue weighted by Gasteiger charge is 2.10. The fourth-order valence-electron chi connectivity index (χ4n) is 1.23. The molecule has 1 aliphatic rings. The van der Waals surface area contributed by atoms with Crippen molar-refractivity contribution in [3.8, 4) is 0 Å². The Balaban J connectivity index is 2.49. The molecule has 0 saturated heterocycles. The molecule has 0 amide bonds. The van der Waals surface area contributed by atoms with Gasteiger partial charge in [-0.3, -0.25) is 0 Å². The summed E-state index contributed by atoms with van der Waals surface area (Å²) in [5, 5.41) is 6.34. The van der Waals surface area contributed by atoms with Gasteiger partial charge in [0, 0.05) is 19.2 Å². The third-order valence-corrected chi connectivity index (χ3v) is 2.11. The molecular formula is C8H8ClFN2. The summed E-state index contributed by atoms with van der Waals surface area (Å²) < 4.78 is 12.9. The molecule has 64 valence electrons. The van der Waals surface area contributed by atoms with E-state index in [0.29, 0.717) is 0 Å². The van der Waals surface area contributed by atoms with Gasteiger partial charge in [-0.25, -0.2) is 4.39 Å². The minimum Gasteiger partial charge on any atom is -0.382 e. The molecule has 1 heterocycles. The van der Waals surface area contributed by atoms with Crippen LogP contribution >= 0.6 is 11.6 Å². The van der Waals surface area contributed by atoms with Gasteiger partial charge in [-0.05, 0) is 6.07 Å². The molecule has 0 spiro atoms. The number of hydrogen-bond donors (Lipinski definition) is 2. The average Bonchev–Trinajstić information content (AvgIpc) is 2.07. The standard InChI is InChI=1S/C8H8ClFN2/c9-5-3-7-8(4-6(5)10)12-2-1-11-7/h3-4,11-12H,1-2H2. The van der Waals surface area contributed by atoms with Crippen LogP contribution in [0.3, 0.4) is 0 Å². The van der Waals surface area contributed by atoms with E-state index in [-0.39, 0.29) is 10.8 Å². The van der Waals surface area contributed by atoms with Crippen LogP contribution in [0.15, 0.2) is 12.1 Å². The van der Waals surface area contributed by atoms with Crippen molar-refractivity contribution in [3.63, 3.8) is 0 Å². The van der Waals surface area contributed by atoms with E-state index < -0.39 is 0 Å². The summed E-state index contributed by atoms with van der Waals surface area (Å²) >= 11 is 5.60. The Bertz CT molecular complexity index is 283. The monoisotopic (exact) mass is 186 g/mol. The molecule has 2 nitrogen and oxygen atoms in total. The highest BCUT2D eigenvalue weighted by Crippen LogP contribution is 2.29. The molecule has 0 aromatic heterocycles. The van der Waals surface area contributed by atoms with Gasteiger partial charge in [0.15, 0.2) is 0 Å². The van der Waals surface area contributed by atoms with Crippen molar-refractivity contribution >= 4 is 23.0 Å². The number of rotatable bonds is 0. The van der Waals surface area contributed by atoms with Gasteiger partial charge in [-0.1, -0.05) is 11.6 Å². The molecule has 1 aromatic rings. The first-order valence-corrected chi connectivity index (χ1v) is 4.12. The zero-order valence-corrected chi connectivity index (χ0v) is 7.08. The number of anilines is 2. The van der Waals surface area contributed by atoms with Crippen LogP contribution in [-0.2, 0) is 0 Å². The molecule has 0 bridgehead atoms. The minimum atomic E-state index is -0.383. The summed E-state index contributed by atoms with van der Waals surface area (Å²) in [7, 11) is 0. The zero-order valence-electron chi connectivity index (χ0n) is 6.32. The Hall–Kier alpha value is -0.960. The Morgan fingerprint density at radius 2 is 1.75 bits per heavy atom. The molecule has 0 radical (unpaired) electrons. The second-order valence-corrected chi connectivity index (χ2v) is 3.07. The van der Waals surface area contributed by atoms with Crippen molar-refractivity contribution in [1.82, 2.24) is 0 Å². The molecule has 0 fully saturated rings. The summed E-state index contributed by atoms with van der Waals surface area (Å²) in [5.74, 6) is -0.383. The molecule has 0 unspecified atom stereocenters. The maximum absolute atomic E-state index is 12.9. The van der Waals surface area contributed by atoms with Crippen molar-refractivity contribution in [1.29, 1.82) is 0 Å². The third-order valence-electron chi connectivity index (χ3n) is 1.82. The second-order valence-electron chi connectivity index (χ2n) is 2.67. The molecule has 0 aliphatic carbocycles. The van der Waals surface area contributed by atoms with E-state index >= 15 is 0 Å². The van der Waals surface area contributed by atoms with Crippen LogP contribution in [0.2, 0.25) is 5.02 Å². The summed E-state index contributed by atoms with van der Waals surface area (Å²) in [6.45, 7) is 1.66. The topological polar surface area (TPSA) is 24.1 Å². The molecule has 0 atom stereocenters. The third kappa shape index (κ3) is 1.20. The highest BCUT2D eigenvalue weighted by molar-refractivity contribution is 6.31. The van der Waals surface area contributed by atoms with E-state index in [4.69, 9.17) is 11.6 Å². The van der Waals surface area contributed by atoms with E-state index in [1.54, 1.807) is 6.07 Å². The van der Waals surface area contributed by atoms with Crippen LogP contribution in [0.5, 0.6) is 0 Å². The zero-order chi connectivity index (χ0) is 8.55. The van der Waals surface area contributed by atoms with E-state index in [9.17, 15) is 4.39 Å². The molecule has 1 aromatic carbocycles. The van der Waals surface area contributed by atoms with Gasteiger partial charge < -0.3 is 10.6 Å². The number of fused-ring (bicyclic) bond motifs is 1. The predicted molar refractivity (Wildman–Crippen MR) is 48.4 cm³/mol. The number of hydrogen-bond acceptors (Lipinski definition) is 2. The molecule has 0 saturated carbocycles. The van der Waals surface area contributed by atoms with Gasteiger partial charge in [-0.2, -0.15) is 0 Å². The maximum Gasteiger partial charge on any atom is 0.143 e. The average molecular weight is 187 g/mol. The predicted octanol–water partition coefficient (Wildman–Crippen LogP) is 2.32. The Kier molecular flexibility index (Phi) is 1.81. The SMILES string of the molecule is Fc1cc2c(cc1Cl)NCCN2. The van der Waals surface area contributed by atoms with Gasteiger partial charge in [0.05, 0.1) is 16.4 Å². The van der Waals surface area contributed by atoms with Crippen LogP contribution < -0.4 is 10.6 Å². The van der Waals surface area contributed by atoms with Crippen molar-refractivity contribution in [2.45, 2.75) is 0 Å². The first-order chi connectivity index (χ1) is 5.77. The molecule has 2 rings (SSSR count). The van der Waals surface area contributed by atoms with Crippen molar-refractivity contribution in [2.24, 2.45) is 0 Å². The Morgan fingerprint density at radius 1 is 1.17 bits per heavy atom. The lowest BCUT2D eigenvalue weighted by Gasteiger charge is -2.19. The van der Waals surface area contributed by atoms with E-state index in [1.807, 2.05) is 0 Å². The lowest BCUT2D eigenvalue weighted by molar-refractivity contribution is 0.628. The number of halogens is 2.